The summed E-state index contributed by atoms with van der Waals surface area (Å²) in [5.74, 6) is 1.82. The summed E-state index contributed by atoms with van der Waals surface area (Å²) in [5, 5.41) is 3.42. The summed E-state index contributed by atoms with van der Waals surface area (Å²) in [4.78, 5) is 0. The van der Waals surface area contributed by atoms with Gasteiger partial charge in [0.05, 0.1) is 0 Å². The SMILES string of the molecule is Cc1cccc(Oc2cccc(CNC(C)C)c2)c1C. The number of nitrogens with one attached hydrogen (secondary N) is 1. The van der Waals surface area contributed by atoms with Gasteiger partial charge < -0.3 is 10.1 Å². The maximum atomic E-state index is 6.01. The average Bonchev–Trinajstić information content (AvgIpc) is 2.42. The molecule has 0 amide bonds. The third-order valence-corrected chi connectivity index (χ3v) is 3.40. The maximum Gasteiger partial charge on any atom is 0.130 e. The second-order valence-corrected chi connectivity index (χ2v) is 5.48. The van der Waals surface area contributed by atoms with Crippen molar-refractivity contribution in [2.45, 2.75) is 40.3 Å². The highest BCUT2D eigenvalue weighted by atomic mass is 16.5. The number of benzene rings is 2. The number of rotatable bonds is 5. The van der Waals surface area contributed by atoms with E-state index in [1.807, 2.05) is 24.3 Å². The van der Waals surface area contributed by atoms with E-state index in [1.165, 1.54) is 16.7 Å². The molecule has 0 aliphatic carbocycles. The Balaban J connectivity index is 2.13. The highest BCUT2D eigenvalue weighted by Crippen LogP contribution is 2.27. The summed E-state index contributed by atoms with van der Waals surface area (Å²) in [6.45, 7) is 9.36. The molecule has 0 atom stereocenters. The second-order valence-electron chi connectivity index (χ2n) is 5.48. The Hall–Kier alpha value is -1.80. The first-order valence-corrected chi connectivity index (χ1v) is 7.12. The molecule has 0 unspecified atom stereocenters. The molecule has 0 saturated heterocycles. The third kappa shape index (κ3) is 3.84. The molecule has 2 nitrogen and oxygen atoms in total. The van der Waals surface area contributed by atoms with E-state index >= 15 is 0 Å². The average molecular weight is 269 g/mol. The van der Waals surface area contributed by atoms with Gasteiger partial charge in [0, 0.05) is 12.6 Å². The van der Waals surface area contributed by atoms with Crippen LogP contribution in [-0.2, 0) is 6.54 Å². The normalized spacial score (nSPS) is 10.8. The molecule has 2 aromatic rings. The summed E-state index contributed by atoms with van der Waals surface area (Å²) in [5.41, 5.74) is 3.68. The van der Waals surface area contributed by atoms with E-state index in [2.05, 4.69) is 51.2 Å². The molecule has 1 N–H and O–H groups in total. The van der Waals surface area contributed by atoms with Gasteiger partial charge in [0.25, 0.3) is 0 Å². The van der Waals surface area contributed by atoms with E-state index in [0.29, 0.717) is 6.04 Å². The Kier molecular flexibility index (Phi) is 4.80. The minimum absolute atomic E-state index is 0.485. The van der Waals surface area contributed by atoms with Crippen LogP contribution >= 0.6 is 0 Å². The molecular formula is C18H23NO. The van der Waals surface area contributed by atoms with Gasteiger partial charge in [-0.1, -0.05) is 38.1 Å². The topological polar surface area (TPSA) is 21.3 Å². The van der Waals surface area contributed by atoms with Gasteiger partial charge in [-0.15, -0.1) is 0 Å². The van der Waals surface area contributed by atoms with Gasteiger partial charge in [0.2, 0.25) is 0 Å². The van der Waals surface area contributed by atoms with Crippen LogP contribution in [0.15, 0.2) is 42.5 Å². The first kappa shape index (κ1) is 14.6. The largest absolute Gasteiger partial charge is 0.457 e. The van der Waals surface area contributed by atoms with Crippen molar-refractivity contribution in [1.29, 1.82) is 0 Å². The van der Waals surface area contributed by atoms with Crippen molar-refractivity contribution < 1.29 is 4.74 Å². The molecule has 0 radical (unpaired) electrons. The molecule has 2 rings (SSSR count). The molecule has 0 bridgehead atoms. The molecule has 20 heavy (non-hydrogen) atoms. The van der Waals surface area contributed by atoms with E-state index in [4.69, 9.17) is 4.74 Å². The van der Waals surface area contributed by atoms with Crippen LogP contribution in [0.2, 0.25) is 0 Å². The van der Waals surface area contributed by atoms with E-state index < -0.39 is 0 Å². The van der Waals surface area contributed by atoms with Crippen LogP contribution in [0.25, 0.3) is 0 Å². The van der Waals surface area contributed by atoms with Gasteiger partial charge >= 0.3 is 0 Å². The second kappa shape index (κ2) is 6.58. The Bertz CT molecular complexity index is 575. The minimum Gasteiger partial charge on any atom is -0.457 e. The molecule has 106 valence electrons. The molecule has 0 aliphatic heterocycles. The lowest BCUT2D eigenvalue weighted by Crippen LogP contribution is -2.21. The fraction of sp³-hybridized carbons (Fsp3) is 0.333. The van der Waals surface area contributed by atoms with Crippen molar-refractivity contribution >= 4 is 0 Å². The Morgan fingerprint density at radius 3 is 2.55 bits per heavy atom. The zero-order chi connectivity index (χ0) is 14.5. The van der Waals surface area contributed by atoms with Gasteiger partial charge in [-0.3, -0.25) is 0 Å². The highest BCUT2D eigenvalue weighted by Gasteiger charge is 2.04. The zero-order valence-electron chi connectivity index (χ0n) is 12.7. The monoisotopic (exact) mass is 269 g/mol. The Labute approximate surface area is 121 Å². The molecule has 0 heterocycles. The minimum atomic E-state index is 0.485. The first-order valence-electron chi connectivity index (χ1n) is 7.12. The van der Waals surface area contributed by atoms with Crippen molar-refractivity contribution in [1.82, 2.24) is 5.32 Å². The molecule has 0 aromatic heterocycles. The van der Waals surface area contributed by atoms with Gasteiger partial charge in [0.15, 0.2) is 0 Å². The van der Waals surface area contributed by atoms with Crippen LogP contribution in [0, 0.1) is 13.8 Å². The zero-order valence-corrected chi connectivity index (χ0v) is 12.7. The summed E-state index contributed by atoms with van der Waals surface area (Å²) in [6, 6.07) is 14.9. The summed E-state index contributed by atoms with van der Waals surface area (Å²) < 4.78 is 6.01. The van der Waals surface area contributed by atoms with Crippen LogP contribution in [0.1, 0.15) is 30.5 Å². The smallest absolute Gasteiger partial charge is 0.130 e. The lowest BCUT2D eigenvalue weighted by atomic mass is 10.1. The van der Waals surface area contributed by atoms with Gasteiger partial charge in [-0.25, -0.2) is 0 Å². The van der Waals surface area contributed by atoms with Gasteiger partial charge in [0.1, 0.15) is 11.5 Å². The predicted octanol–water partition coefficient (Wildman–Crippen LogP) is 4.59. The van der Waals surface area contributed by atoms with Gasteiger partial charge in [-0.05, 0) is 48.7 Å². The van der Waals surface area contributed by atoms with Crippen molar-refractivity contribution in [3.63, 3.8) is 0 Å². The number of hydrogen-bond donors (Lipinski definition) is 1. The van der Waals surface area contributed by atoms with E-state index in [0.717, 1.165) is 18.0 Å². The fourth-order valence-corrected chi connectivity index (χ4v) is 2.00. The quantitative estimate of drug-likeness (QED) is 0.857. The Morgan fingerprint density at radius 2 is 1.80 bits per heavy atom. The molecule has 2 aromatic carbocycles. The summed E-state index contributed by atoms with van der Waals surface area (Å²) in [7, 11) is 0. The molecule has 0 aliphatic rings. The summed E-state index contributed by atoms with van der Waals surface area (Å²) in [6.07, 6.45) is 0. The van der Waals surface area contributed by atoms with Crippen LogP contribution < -0.4 is 10.1 Å². The first-order chi connectivity index (χ1) is 9.56. The van der Waals surface area contributed by atoms with E-state index in [1.54, 1.807) is 0 Å². The van der Waals surface area contributed by atoms with Crippen molar-refractivity contribution in [2.24, 2.45) is 0 Å². The van der Waals surface area contributed by atoms with E-state index in [-0.39, 0.29) is 0 Å². The molecule has 0 spiro atoms. The molecular weight excluding hydrogens is 246 g/mol. The van der Waals surface area contributed by atoms with Crippen LogP contribution in [0.5, 0.6) is 11.5 Å². The lowest BCUT2D eigenvalue weighted by Gasteiger charge is -2.12. The maximum absolute atomic E-state index is 6.01. The van der Waals surface area contributed by atoms with Crippen molar-refractivity contribution in [3.8, 4) is 11.5 Å². The molecule has 0 saturated carbocycles. The van der Waals surface area contributed by atoms with E-state index in [9.17, 15) is 0 Å². The third-order valence-electron chi connectivity index (χ3n) is 3.40. The van der Waals surface area contributed by atoms with Crippen molar-refractivity contribution in [3.05, 3.63) is 59.2 Å². The number of aryl methyl sites for hydroxylation is 1. The fourth-order valence-electron chi connectivity index (χ4n) is 2.00. The number of ether oxygens (including phenoxy) is 1. The predicted molar refractivity (Wildman–Crippen MR) is 84.4 cm³/mol. The highest BCUT2D eigenvalue weighted by molar-refractivity contribution is 5.42. The van der Waals surface area contributed by atoms with Crippen LogP contribution in [0.4, 0.5) is 0 Å². The Morgan fingerprint density at radius 1 is 1.05 bits per heavy atom. The number of hydrogen-bond acceptors (Lipinski definition) is 2. The lowest BCUT2D eigenvalue weighted by molar-refractivity contribution is 0.477. The van der Waals surface area contributed by atoms with Crippen LogP contribution in [0.3, 0.4) is 0 Å². The van der Waals surface area contributed by atoms with Crippen LogP contribution in [-0.4, -0.2) is 6.04 Å². The summed E-state index contributed by atoms with van der Waals surface area (Å²) >= 11 is 0. The van der Waals surface area contributed by atoms with Crippen molar-refractivity contribution in [2.75, 3.05) is 0 Å². The van der Waals surface area contributed by atoms with Gasteiger partial charge in [-0.2, -0.15) is 0 Å². The standard InChI is InChI=1S/C18H23NO/c1-13(2)19-12-16-8-6-9-17(11-16)20-18-10-5-7-14(3)15(18)4/h5-11,13,19H,12H2,1-4H3. The molecule has 0 fully saturated rings. The molecule has 2 heteroatoms.